The average molecular weight is 511 g/mol. The summed E-state index contributed by atoms with van der Waals surface area (Å²) in [4.78, 5) is 23.6. The molecule has 0 saturated carbocycles. The van der Waals surface area contributed by atoms with Gasteiger partial charge < -0.3 is 9.47 Å². The van der Waals surface area contributed by atoms with Gasteiger partial charge in [0.2, 0.25) is 0 Å². The zero-order valence-electron chi connectivity index (χ0n) is 24.6. The van der Waals surface area contributed by atoms with Gasteiger partial charge in [0.25, 0.3) is 0 Å². The minimum atomic E-state index is -0.147. The second-order valence-electron chi connectivity index (χ2n) is 10.9. The van der Waals surface area contributed by atoms with Crippen LogP contribution in [0.3, 0.4) is 0 Å². The highest BCUT2D eigenvalue weighted by molar-refractivity contribution is 5.70. The number of ether oxygens (including phenoxy) is 2. The summed E-state index contributed by atoms with van der Waals surface area (Å²) in [6.07, 6.45) is 29.7. The highest BCUT2D eigenvalue weighted by atomic mass is 16.5. The van der Waals surface area contributed by atoms with Crippen LogP contribution < -0.4 is 0 Å². The SMILES string of the molecule is CCCCCCCCCCCCCCCCCCCCOC(=O)CCCCC(=O)OC(C)CCCC. The molecule has 4 heteroatoms. The first-order chi connectivity index (χ1) is 17.6. The van der Waals surface area contributed by atoms with E-state index in [1.807, 2.05) is 6.92 Å². The Hall–Kier alpha value is -1.06. The predicted octanol–water partition coefficient (Wildman–Crippen LogP) is 10.3. The Balaban J connectivity index is 3.26. The smallest absolute Gasteiger partial charge is 0.306 e. The maximum atomic E-state index is 11.8. The second kappa shape index (κ2) is 28.5. The summed E-state index contributed by atoms with van der Waals surface area (Å²) >= 11 is 0. The molecule has 0 rings (SSSR count). The quantitative estimate of drug-likeness (QED) is 0.0775. The van der Waals surface area contributed by atoms with E-state index in [9.17, 15) is 9.59 Å². The van der Waals surface area contributed by atoms with E-state index in [-0.39, 0.29) is 18.0 Å². The maximum absolute atomic E-state index is 11.8. The van der Waals surface area contributed by atoms with Gasteiger partial charge in [-0.1, -0.05) is 136 Å². The molecule has 0 radical (unpaired) electrons. The number of carbonyl (C=O) groups is 2. The Bertz CT molecular complexity index is 477. The van der Waals surface area contributed by atoms with Crippen molar-refractivity contribution in [1.29, 1.82) is 0 Å². The van der Waals surface area contributed by atoms with Crippen LogP contribution in [0.25, 0.3) is 0 Å². The molecule has 0 aliphatic carbocycles. The van der Waals surface area contributed by atoms with Crippen LogP contribution in [-0.4, -0.2) is 24.6 Å². The van der Waals surface area contributed by atoms with Gasteiger partial charge in [-0.2, -0.15) is 0 Å². The molecule has 0 amide bonds. The predicted molar refractivity (Wildman–Crippen MR) is 153 cm³/mol. The Labute approximate surface area is 225 Å². The van der Waals surface area contributed by atoms with Crippen LogP contribution in [0.5, 0.6) is 0 Å². The van der Waals surface area contributed by atoms with Gasteiger partial charge >= 0.3 is 11.9 Å². The molecular formula is C32H62O4. The van der Waals surface area contributed by atoms with Crippen LogP contribution in [0.1, 0.15) is 181 Å². The van der Waals surface area contributed by atoms with E-state index in [4.69, 9.17) is 9.47 Å². The van der Waals surface area contributed by atoms with Crippen LogP contribution >= 0.6 is 0 Å². The summed E-state index contributed by atoms with van der Waals surface area (Å²) in [5, 5.41) is 0. The molecule has 0 aromatic carbocycles. The summed E-state index contributed by atoms with van der Waals surface area (Å²) in [6.45, 7) is 6.90. The van der Waals surface area contributed by atoms with E-state index in [2.05, 4.69) is 13.8 Å². The molecular weight excluding hydrogens is 448 g/mol. The van der Waals surface area contributed by atoms with Gasteiger partial charge in [-0.25, -0.2) is 0 Å². The summed E-state index contributed by atoms with van der Waals surface area (Å²) in [6, 6.07) is 0. The lowest BCUT2D eigenvalue weighted by Crippen LogP contribution is -2.14. The van der Waals surface area contributed by atoms with Crippen molar-refractivity contribution in [2.24, 2.45) is 0 Å². The molecule has 0 saturated heterocycles. The molecule has 0 fully saturated rings. The molecule has 0 bridgehead atoms. The molecule has 0 aliphatic rings. The summed E-state index contributed by atoms with van der Waals surface area (Å²) in [7, 11) is 0. The van der Waals surface area contributed by atoms with Gasteiger partial charge in [0.15, 0.2) is 0 Å². The van der Waals surface area contributed by atoms with Gasteiger partial charge in [-0.3, -0.25) is 9.59 Å². The molecule has 0 aliphatic heterocycles. The van der Waals surface area contributed by atoms with E-state index < -0.39 is 0 Å². The fraction of sp³-hybridized carbons (Fsp3) is 0.938. The molecule has 0 N–H and O–H groups in total. The highest BCUT2D eigenvalue weighted by Crippen LogP contribution is 2.14. The third-order valence-corrected chi connectivity index (χ3v) is 7.07. The van der Waals surface area contributed by atoms with Crippen LogP contribution in [0.4, 0.5) is 0 Å². The first kappa shape index (κ1) is 34.9. The van der Waals surface area contributed by atoms with Crippen molar-refractivity contribution in [1.82, 2.24) is 0 Å². The van der Waals surface area contributed by atoms with Gasteiger partial charge in [-0.15, -0.1) is 0 Å². The summed E-state index contributed by atoms with van der Waals surface area (Å²) in [5.74, 6) is -0.280. The van der Waals surface area contributed by atoms with Crippen LogP contribution in [0, 0.1) is 0 Å². The molecule has 1 unspecified atom stereocenters. The van der Waals surface area contributed by atoms with Crippen LogP contribution in [0.2, 0.25) is 0 Å². The first-order valence-corrected chi connectivity index (χ1v) is 15.9. The van der Waals surface area contributed by atoms with Crippen molar-refractivity contribution in [2.75, 3.05) is 6.61 Å². The normalized spacial score (nSPS) is 12.0. The van der Waals surface area contributed by atoms with Crippen molar-refractivity contribution in [3.05, 3.63) is 0 Å². The maximum Gasteiger partial charge on any atom is 0.306 e. The van der Waals surface area contributed by atoms with Gasteiger partial charge in [-0.05, 0) is 32.6 Å². The number of hydrogen-bond acceptors (Lipinski definition) is 4. The molecule has 36 heavy (non-hydrogen) atoms. The fourth-order valence-electron chi connectivity index (χ4n) is 4.63. The van der Waals surface area contributed by atoms with E-state index in [0.29, 0.717) is 32.3 Å². The van der Waals surface area contributed by atoms with Crippen molar-refractivity contribution >= 4 is 11.9 Å². The van der Waals surface area contributed by atoms with Crippen LogP contribution in [0.15, 0.2) is 0 Å². The third-order valence-electron chi connectivity index (χ3n) is 7.07. The van der Waals surface area contributed by atoms with Crippen molar-refractivity contribution in [2.45, 2.75) is 187 Å². The zero-order chi connectivity index (χ0) is 26.5. The number of carbonyl (C=O) groups excluding carboxylic acids is 2. The van der Waals surface area contributed by atoms with Gasteiger partial charge in [0.05, 0.1) is 12.7 Å². The Kier molecular flexibility index (Phi) is 27.7. The summed E-state index contributed by atoms with van der Waals surface area (Å²) in [5.41, 5.74) is 0. The fourth-order valence-corrected chi connectivity index (χ4v) is 4.63. The lowest BCUT2D eigenvalue weighted by molar-refractivity contribution is -0.149. The number of esters is 2. The Morgan fingerprint density at radius 2 is 0.889 bits per heavy atom. The van der Waals surface area contributed by atoms with E-state index >= 15 is 0 Å². The standard InChI is InChI=1S/C32H62O4/c1-4-6-8-9-10-11-12-13-14-15-16-17-18-19-20-21-22-25-29-35-31(33)27-23-24-28-32(34)36-30(3)26-7-5-2/h30H,4-29H2,1-3H3. The molecule has 0 heterocycles. The minimum Gasteiger partial charge on any atom is -0.466 e. The van der Waals surface area contributed by atoms with E-state index in [1.165, 1.54) is 103 Å². The minimum absolute atomic E-state index is 0.00298. The molecule has 0 spiro atoms. The lowest BCUT2D eigenvalue weighted by atomic mass is 10.0. The third kappa shape index (κ3) is 27.5. The second-order valence-corrected chi connectivity index (χ2v) is 10.9. The Morgan fingerprint density at radius 3 is 1.33 bits per heavy atom. The van der Waals surface area contributed by atoms with Crippen molar-refractivity contribution in [3.8, 4) is 0 Å². The van der Waals surface area contributed by atoms with Crippen molar-refractivity contribution in [3.63, 3.8) is 0 Å². The van der Waals surface area contributed by atoms with E-state index in [0.717, 1.165) is 32.1 Å². The largest absolute Gasteiger partial charge is 0.466 e. The first-order valence-electron chi connectivity index (χ1n) is 15.9. The Morgan fingerprint density at radius 1 is 0.500 bits per heavy atom. The van der Waals surface area contributed by atoms with Gasteiger partial charge in [0, 0.05) is 12.8 Å². The van der Waals surface area contributed by atoms with Gasteiger partial charge in [0.1, 0.15) is 0 Å². The number of unbranched alkanes of at least 4 members (excludes halogenated alkanes) is 19. The monoisotopic (exact) mass is 510 g/mol. The van der Waals surface area contributed by atoms with E-state index in [1.54, 1.807) is 0 Å². The topological polar surface area (TPSA) is 52.6 Å². The average Bonchev–Trinajstić information content (AvgIpc) is 2.86. The van der Waals surface area contributed by atoms with Crippen molar-refractivity contribution < 1.29 is 19.1 Å². The molecule has 214 valence electrons. The summed E-state index contributed by atoms with van der Waals surface area (Å²) < 4.78 is 10.7. The molecule has 4 nitrogen and oxygen atoms in total. The lowest BCUT2D eigenvalue weighted by Gasteiger charge is -2.12. The molecule has 1 atom stereocenters. The van der Waals surface area contributed by atoms with Crippen LogP contribution in [-0.2, 0) is 19.1 Å². The molecule has 0 aromatic rings. The highest BCUT2D eigenvalue weighted by Gasteiger charge is 2.10. The molecule has 0 aromatic heterocycles. The zero-order valence-corrected chi connectivity index (χ0v) is 24.6. The number of hydrogen-bond donors (Lipinski definition) is 0. The number of rotatable bonds is 28.